The topological polar surface area (TPSA) is 8.17 Å². The zero-order chi connectivity index (χ0) is 26.8. The van der Waals surface area contributed by atoms with E-state index in [1.54, 1.807) is 0 Å². The Hall–Kier alpha value is -4.86. The number of hydrogen-bond acceptors (Lipinski definition) is 2. The van der Waals surface area contributed by atoms with Gasteiger partial charge in [-0.05, 0) is 67.1 Å². The van der Waals surface area contributed by atoms with E-state index in [0.717, 1.165) is 16.9 Å². The Labute approximate surface area is 237 Å². The Morgan fingerprint density at radius 3 is 2.10 bits per heavy atom. The van der Waals surface area contributed by atoms with Crippen LogP contribution in [0.2, 0.25) is 0 Å². The SMILES string of the molecule is C=C1/C=C\C=C/N(c2ccc(C)cc2)c2ccc3c(sc4ccc(-n5c6ccccc6c6ccccc65)cc43)c21. The molecule has 0 atom stereocenters. The molecule has 1 aliphatic rings. The van der Waals surface area contributed by atoms with Crippen LogP contribution in [-0.4, -0.2) is 4.57 Å². The lowest BCUT2D eigenvalue weighted by Gasteiger charge is -2.25. The van der Waals surface area contributed by atoms with Gasteiger partial charge in [0.15, 0.2) is 0 Å². The molecule has 40 heavy (non-hydrogen) atoms. The predicted octanol–water partition coefficient (Wildman–Crippen LogP) is 10.7. The molecule has 0 fully saturated rings. The zero-order valence-electron chi connectivity index (χ0n) is 22.1. The summed E-state index contributed by atoms with van der Waals surface area (Å²) < 4.78 is 4.95. The first-order chi connectivity index (χ1) is 19.7. The standard InChI is InChI=1S/C37H26N2S/c1-24-14-16-26(17-15-24)38-22-8-7-9-25(2)36-34(38)20-19-30-31-23-27(18-21-35(31)40-37(30)36)39-32-12-5-3-10-28(32)29-11-4-6-13-33(29)39/h3-23H,2H2,1H3/b9-7-,22-8-. The van der Waals surface area contributed by atoms with Gasteiger partial charge >= 0.3 is 0 Å². The Morgan fingerprint density at radius 1 is 0.650 bits per heavy atom. The van der Waals surface area contributed by atoms with Crippen LogP contribution in [0.15, 0.2) is 134 Å². The smallest absolute Gasteiger partial charge is 0.0548 e. The van der Waals surface area contributed by atoms with Gasteiger partial charge in [-0.3, -0.25) is 0 Å². The van der Waals surface area contributed by atoms with Gasteiger partial charge in [-0.1, -0.05) is 78.9 Å². The number of thiophene rings is 1. The van der Waals surface area contributed by atoms with E-state index in [1.807, 2.05) is 11.3 Å². The lowest BCUT2D eigenvalue weighted by atomic mass is 9.99. The number of benzene rings is 5. The Kier molecular flexibility index (Phi) is 5.10. The summed E-state index contributed by atoms with van der Waals surface area (Å²) in [4.78, 5) is 2.27. The molecule has 3 heteroatoms. The molecule has 0 bridgehead atoms. The average molecular weight is 531 g/mol. The number of rotatable bonds is 2. The first-order valence-electron chi connectivity index (χ1n) is 13.6. The fourth-order valence-electron chi connectivity index (χ4n) is 6.07. The molecular weight excluding hydrogens is 504 g/mol. The van der Waals surface area contributed by atoms with E-state index in [4.69, 9.17) is 0 Å². The molecule has 0 spiro atoms. The number of nitrogens with zero attached hydrogens (tertiary/aromatic N) is 2. The molecule has 0 saturated heterocycles. The molecule has 0 N–H and O–H groups in total. The number of aryl methyl sites for hydroxylation is 1. The van der Waals surface area contributed by atoms with Gasteiger partial charge in [0.25, 0.3) is 0 Å². The maximum absolute atomic E-state index is 4.50. The van der Waals surface area contributed by atoms with Crippen LogP contribution in [0.25, 0.3) is 53.2 Å². The molecular formula is C37H26N2S. The van der Waals surface area contributed by atoms with Crippen LogP contribution < -0.4 is 4.90 Å². The molecule has 0 amide bonds. The summed E-state index contributed by atoms with van der Waals surface area (Å²) in [5.74, 6) is 0. The number of fused-ring (bicyclic) bond motifs is 8. The highest BCUT2D eigenvalue weighted by molar-refractivity contribution is 7.26. The summed E-state index contributed by atoms with van der Waals surface area (Å²) in [6.45, 7) is 6.63. The minimum atomic E-state index is 1.02. The highest BCUT2D eigenvalue weighted by Gasteiger charge is 2.20. The van der Waals surface area contributed by atoms with Gasteiger partial charge in [0.2, 0.25) is 0 Å². The molecule has 2 aromatic heterocycles. The van der Waals surface area contributed by atoms with Crippen LogP contribution in [0.1, 0.15) is 11.1 Å². The highest BCUT2D eigenvalue weighted by Crippen LogP contribution is 2.45. The maximum atomic E-state index is 4.50. The second-order valence-electron chi connectivity index (χ2n) is 10.4. The monoisotopic (exact) mass is 530 g/mol. The van der Waals surface area contributed by atoms with Gasteiger partial charge < -0.3 is 9.47 Å². The zero-order valence-corrected chi connectivity index (χ0v) is 23.0. The third kappa shape index (κ3) is 3.41. The molecule has 5 aromatic carbocycles. The highest BCUT2D eigenvalue weighted by atomic mass is 32.1. The number of allylic oxidation sites excluding steroid dienone is 4. The van der Waals surface area contributed by atoms with Crippen molar-refractivity contribution < 1.29 is 0 Å². The van der Waals surface area contributed by atoms with E-state index in [1.165, 1.54) is 58.8 Å². The van der Waals surface area contributed by atoms with Crippen molar-refractivity contribution in [3.8, 4) is 5.69 Å². The lowest BCUT2D eigenvalue weighted by molar-refractivity contribution is 1.19. The largest absolute Gasteiger partial charge is 0.317 e. The van der Waals surface area contributed by atoms with Crippen molar-refractivity contribution in [1.29, 1.82) is 0 Å². The third-order valence-electron chi connectivity index (χ3n) is 7.98. The van der Waals surface area contributed by atoms with E-state index >= 15 is 0 Å². The first kappa shape index (κ1) is 23.1. The predicted molar refractivity (Wildman–Crippen MR) is 174 cm³/mol. The average Bonchev–Trinajstić information content (AvgIpc) is 3.51. The molecule has 0 aliphatic carbocycles. The van der Waals surface area contributed by atoms with Crippen LogP contribution in [0.5, 0.6) is 0 Å². The van der Waals surface area contributed by atoms with Gasteiger partial charge in [0.1, 0.15) is 0 Å². The van der Waals surface area contributed by atoms with Crippen molar-refractivity contribution in [3.05, 3.63) is 145 Å². The van der Waals surface area contributed by atoms with Crippen molar-refractivity contribution in [2.24, 2.45) is 0 Å². The minimum absolute atomic E-state index is 1.02. The third-order valence-corrected chi connectivity index (χ3v) is 9.18. The number of aromatic nitrogens is 1. The van der Waals surface area contributed by atoms with E-state index in [2.05, 4.69) is 151 Å². The number of para-hydroxylation sites is 2. The van der Waals surface area contributed by atoms with Gasteiger partial charge in [-0.15, -0.1) is 11.3 Å². The number of hydrogen-bond donors (Lipinski definition) is 0. The van der Waals surface area contributed by atoms with Crippen LogP contribution >= 0.6 is 11.3 Å². The van der Waals surface area contributed by atoms with Crippen LogP contribution in [0, 0.1) is 6.92 Å². The molecule has 190 valence electrons. The van der Waals surface area contributed by atoms with Crippen LogP contribution in [-0.2, 0) is 0 Å². The van der Waals surface area contributed by atoms with Gasteiger partial charge in [0.05, 0.1) is 16.7 Å². The Bertz CT molecular complexity index is 2130. The second kappa shape index (κ2) is 8.84. The summed E-state index contributed by atoms with van der Waals surface area (Å²) >= 11 is 1.85. The summed E-state index contributed by atoms with van der Waals surface area (Å²) in [5.41, 5.74) is 9.40. The summed E-state index contributed by atoms with van der Waals surface area (Å²) in [6.07, 6.45) is 8.43. The lowest BCUT2D eigenvalue weighted by Crippen LogP contribution is -2.11. The Balaban J connectivity index is 1.38. The van der Waals surface area contributed by atoms with Crippen molar-refractivity contribution in [3.63, 3.8) is 0 Å². The molecule has 2 nitrogen and oxygen atoms in total. The molecule has 0 radical (unpaired) electrons. The van der Waals surface area contributed by atoms with E-state index in [9.17, 15) is 0 Å². The molecule has 0 saturated carbocycles. The van der Waals surface area contributed by atoms with Gasteiger partial charge in [-0.25, -0.2) is 0 Å². The van der Waals surface area contributed by atoms with E-state index in [0.29, 0.717) is 0 Å². The van der Waals surface area contributed by atoms with Crippen molar-refractivity contribution in [2.75, 3.05) is 4.90 Å². The van der Waals surface area contributed by atoms with E-state index in [-0.39, 0.29) is 0 Å². The summed E-state index contributed by atoms with van der Waals surface area (Å²) in [7, 11) is 0. The van der Waals surface area contributed by atoms with E-state index < -0.39 is 0 Å². The normalized spacial score (nSPS) is 15.0. The molecule has 0 unspecified atom stereocenters. The second-order valence-corrected chi connectivity index (χ2v) is 11.5. The van der Waals surface area contributed by atoms with Crippen LogP contribution in [0.3, 0.4) is 0 Å². The summed E-state index contributed by atoms with van der Waals surface area (Å²) in [6, 6.07) is 37.5. The quantitative estimate of drug-likeness (QED) is 0.216. The fourth-order valence-corrected chi connectivity index (χ4v) is 7.33. The van der Waals surface area contributed by atoms with Gasteiger partial charge in [0, 0.05) is 54.1 Å². The number of anilines is 2. The maximum Gasteiger partial charge on any atom is 0.0548 e. The van der Waals surface area contributed by atoms with Gasteiger partial charge in [-0.2, -0.15) is 0 Å². The van der Waals surface area contributed by atoms with Crippen molar-refractivity contribution in [2.45, 2.75) is 6.92 Å². The molecule has 1 aliphatic heterocycles. The van der Waals surface area contributed by atoms with Crippen LogP contribution in [0.4, 0.5) is 11.4 Å². The molecule has 7 aromatic rings. The fraction of sp³-hybridized carbons (Fsp3) is 0.0270. The molecule has 8 rings (SSSR count). The first-order valence-corrected chi connectivity index (χ1v) is 14.4. The molecule has 3 heterocycles. The minimum Gasteiger partial charge on any atom is -0.317 e. The Morgan fingerprint density at radius 2 is 1.35 bits per heavy atom. The van der Waals surface area contributed by atoms with Crippen molar-refractivity contribution >= 4 is 70.3 Å². The van der Waals surface area contributed by atoms with Crippen molar-refractivity contribution in [1.82, 2.24) is 4.57 Å². The summed E-state index contributed by atoms with van der Waals surface area (Å²) in [5, 5.41) is 5.10.